The number of ether oxygens (including phenoxy) is 1. The van der Waals surface area contributed by atoms with Crippen LogP contribution in [0.3, 0.4) is 0 Å². The van der Waals surface area contributed by atoms with Crippen LogP contribution < -0.4 is 44.5 Å². The summed E-state index contributed by atoms with van der Waals surface area (Å²) in [4.78, 5) is 111. The van der Waals surface area contributed by atoms with Crippen LogP contribution in [0, 0.1) is 65.6 Å². The Bertz CT molecular complexity index is 3210. The number of aliphatic imine (C=N–C) groups is 3. The van der Waals surface area contributed by atoms with Crippen molar-refractivity contribution < 1.29 is 94.5 Å². The number of aryl methyl sites for hydroxylation is 2. The Kier molecular flexibility index (Phi) is 24.3. The molecule has 6 aliphatic rings. The van der Waals surface area contributed by atoms with Crippen molar-refractivity contribution in [3.05, 3.63) is 52.6 Å². The van der Waals surface area contributed by atoms with E-state index in [2.05, 4.69) is 15.6 Å². The van der Waals surface area contributed by atoms with Gasteiger partial charge in [0.1, 0.15) is 18.3 Å². The van der Waals surface area contributed by atoms with Crippen molar-refractivity contribution in [3.8, 4) is 0 Å². The maximum atomic E-state index is 14.3. The Labute approximate surface area is 534 Å². The first-order chi connectivity index (χ1) is 41.4. The minimum absolute atomic E-state index is 0. The van der Waals surface area contributed by atoms with Crippen LogP contribution in [0.1, 0.15) is 136 Å². The third-order valence-electron chi connectivity index (χ3n) is 20.0. The van der Waals surface area contributed by atoms with E-state index >= 15 is 0 Å². The maximum Gasteiger partial charge on any atom is 0.304 e. The monoisotopic (exact) mass is 1330 g/mol. The molecule has 90 heavy (non-hydrogen) atoms. The van der Waals surface area contributed by atoms with Gasteiger partial charge in [0.2, 0.25) is 23.6 Å². The fraction of sp³-hybridized carbons (Fsp3) is 0.683. The topological polar surface area (TPSA) is 473 Å². The number of aliphatic carboxylic acids is 1. The first-order valence-corrected chi connectivity index (χ1v) is 31.8. The zero-order valence-corrected chi connectivity index (χ0v) is 54.6. The minimum atomic E-state index is -5.26. The van der Waals surface area contributed by atoms with Crippen LogP contribution >= 0.6 is 7.82 Å². The fourth-order valence-electron chi connectivity index (χ4n) is 15.3. The van der Waals surface area contributed by atoms with E-state index in [1.165, 1.54) is 13.3 Å². The average molecular weight is 1330 g/mol. The van der Waals surface area contributed by atoms with Gasteiger partial charge in [-0.05, 0) is 119 Å². The van der Waals surface area contributed by atoms with Gasteiger partial charge in [0.05, 0.1) is 67.8 Å². The average Bonchev–Trinajstić information content (AvgIpc) is 1.57. The van der Waals surface area contributed by atoms with Crippen LogP contribution in [-0.4, -0.2) is 146 Å². The molecule has 17 atom stereocenters. The number of benzene rings is 1. The standard InChI is InChI=1S/C60H91N12O15P.Co.H2O/c1-29-22-40-41(23-30(29)2)72(28-67-40)57-53(80)54(42(27-73)85-57)87-88(81,82)86-31(3)26-66-47(77)16-19-59(8)38(18-21-84-65)52-51-35(17-20-83-64)34(10-13-44(61)74)49(70-51)32(4)56-60(9,25-48(78)79)36(11-14-45(62)75)39(68-56)24-43-58(6,7)37(12-15-46(63)76)50(69-43)33(5)55(59)71-52;;/h22-24,28,31,33-38,42,50-54,57,68,73,80H,10-21,25-27,64-65H2,1-9H3,(H2,61,74)(H2,62,75)(H2,63,76)(H,66,77)(H,78,79)(H,81,82);;1H2/p-1/b39-24-,56-32-;;/t31?,33?,34?,35?,36?,37?,38-,42?,50+,51?,52?,53?,54+,57?,59?,60?;;/m0../s1. The number of carbonyl (C=O) groups is 5. The van der Waals surface area contributed by atoms with E-state index in [4.69, 9.17) is 67.4 Å². The summed E-state index contributed by atoms with van der Waals surface area (Å²) in [6.45, 7) is 16.4. The van der Waals surface area contributed by atoms with Crippen LogP contribution in [0.2, 0.25) is 0 Å². The van der Waals surface area contributed by atoms with E-state index in [1.54, 1.807) is 4.57 Å². The van der Waals surface area contributed by atoms with E-state index in [0.29, 0.717) is 58.7 Å². The number of nitrogens with one attached hydrogen (secondary N) is 2. The number of imidazole rings is 1. The number of carbonyl (C=O) groups excluding carboxylic acids is 4. The number of hydrogen-bond acceptors (Lipinski definition) is 21. The first kappa shape index (κ1) is 73.7. The molecule has 8 bridgehead atoms. The molecular weight excluding hydrogens is 1230 g/mol. The summed E-state index contributed by atoms with van der Waals surface area (Å²) < 4.78 is 31.9. The van der Waals surface area contributed by atoms with Gasteiger partial charge in [0, 0.05) is 112 Å². The van der Waals surface area contributed by atoms with Crippen LogP contribution in [0.25, 0.3) is 11.0 Å². The zero-order valence-electron chi connectivity index (χ0n) is 52.6. The zero-order chi connectivity index (χ0) is 64.5. The SMILES string of the molecule is C/C1=C2/N/C(=C\C3=N[C@H](C(C)C4=NC(C5N=C1C(CCC(N)=O)C5CCON)[C@H](CCON)C4(C)CCC(=O)NCC(C)OP(=O)([O-])O[C@@H]1C(CO)OC(n4cnc5cc(C)c(C)cc54)C1O)C(CCC(N)=O)C3(C)C)C(CCC(N)=O)C2(C)CC(=O)O.O.[Co]. The molecule has 7 heterocycles. The minimum Gasteiger partial charge on any atom is -0.756 e. The van der Waals surface area contributed by atoms with Gasteiger partial charge in [-0.15, -0.1) is 0 Å². The summed E-state index contributed by atoms with van der Waals surface area (Å²) in [5.41, 5.74) is 21.7. The Morgan fingerprint density at radius 2 is 1.50 bits per heavy atom. The Balaban J connectivity index is 0.00000645. The molecule has 8 rings (SSSR count). The van der Waals surface area contributed by atoms with Gasteiger partial charge < -0.3 is 81.6 Å². The Morgan fingerprint density at radius 1 is 0.867 bits per heavy atom. The number of aromatic nitrogens is 2. The molecule has 503 valence electrons. The second-order valence-corrected chi connectivity index (χ2v) is 27.4. The van der Waals surface area contributed by atoms with E-state index in [-0.39, 0.29) is 99.3 Å². The van der Waals surface area contributed by atoms with Gasteiger partial charge in [-0.1, -0.05) is 34.6 Å². The molecule has 17 N–H and O–H groups in total. The third kappa shape index (κ3) is 15.2. The molecule has 14 unspecified atom stereocenters. The predicted molar refractivity (Wildman–Crippen MR) is 326 cm³/mol. The maximum absolute atomic E-state index is 14.3. The fourth-order valence-corrected chi connectivity index (χ4v) is 16.4. The Hall–Kier alpha value is -5.37. The number of allylic oxidation sites excluding steroid dienone is 4. The number of phosphoric acid groups is 1. The quantitative estimate of drug-likeness (QED) is 0.0430. The van der Waals surface area contributed by atoms with E-state index in [9.17, 15) is 48.8 Å². The molecule has 4 amide bonds. The van der Waals surface area contributed by atoms with E-state index in [0.717, 1.165) is 16.8 Å². The van der Waals surface area contributed by atoms with Gasteiger partial charge in [0.15, 0.2) is 6.23 Å². The van der Waals surface area contributed by atoms with Crippen molar-refractivity contribution in [2.45, 2.75) is 182 Å². The molecule has 0 saturated carbocycles. The number of rotatable bonds is 28. The molecular formula is C60H92CoN12O16P-. The van der Waals surface area contributed by atoms with Crippen LogP contribution in [0.15, 0.2) is 56.5 Å². The van der Waals surface area contributed by atoms with Crippen molar-refractivity contribution in [1.29, 1.82) is 0 Å². The molecule has 30 heteroatoms. The number of primary amides is 3. The number of amides is 4. The van der Waals surface area contributed by atoms with Gasteiger partial charge in [0.25, 0.3) is 7.82 Å². The molecule has 2 aromatic rings. The second kappa shape index (κ2) is 29.7. The number of aliphatic hydroxyl groups is 2. The van der Waals surface area contributed by atoms with Crippen molar-refractivity contribution in [1.82, 2.24) is 20.2 Å². The molecule has 1 aromatic carbocycles. The summed E-state index contributed by atoms with van der Waals surface area (Å²) in [6, 6.07) is 1.92. The molecule has 1 aromatic heterocycles. The summed E-state index contributed by atoms with van der Waals surface area (Å²) in [5.74, 6) is 5.82. The van der Waals surface area contributed by atoms with Gasteiger partial charge in [-0.25, -0.2) is 16.8 Å². The summed E-state index contributed by atoms with van der Waals surface area (Å²) in [6.07, 6.45) is -2.16. The third-order valence-corrected chi connectivity index (χ3v) is 21.1. The number of hydrogen-bond donors (Lipinski definition) is 10. The number of phosphoric ester groups is 1. The van der Waals surface area contributed by atoms with E-state index < -0.39 is 139 Å². The number of nitrogens with zero attached hydrogens (tertiary/aromatic N) is 5. The molecule has 0 aliphatic carbocycles. The van der Waals surface area contributed by atoms with Crippen LogP contribution in [0.5, 0.6) is 0 Å². The van der Waals surface area contributed by atoms with Crippen LogP contribution in [-0.2, 0) is 68.8 Å². The number of fused-ring (bicyclic) bond motifs is 7. The summed E-state index contributed by atoms with van der Waals surface area (Å²) >= 11 is 0. The molecule has 2 fully saturated rings. The molecule has 1 radical (unpaired) electrons. The Morgan fingerprint density at radius 3 is 2.13 bits per heavy atom. The first-order valence-electron chi connectivity index (χ1n) is 30.4. The normalized spacial score (nSPS) is 33.2. The smallest absolute Gasteiger partial charge is 0.304 e. The van der Waals surface area contributed by atoms with Crippen molar-refractivity contribution in [3.63, 3.8) is 0 Å². The number of carboxylic acid groups (broad SMARTS) is 1. The van der Waals surface area contributed by atoms with Crippen molar-refractivity contribution in [2.24, 2.45) is 95.7 Å². The summed E-state index contributed by atoms with van der Waals surface area (Å²) in [7, 11) is -5.26. The molecule has 0 spiro atoms. The second-order valence-electron chi connectivity index (χ2n) is 26.1. The molecule has 2 saturated heterocycles. The molecule has 28 nitrogen and oxygen atoms in total. The van der Waals surface area contributed by atoms with Gasteiger partial charge >= 0.3 is 5.97 Å². The summed E-state index contributed by atoms with van der Waals surface area (Å²) in [5, 5.41) is 38.9. The van der Waals surface area contributed by atoms with Crippen LogP contribution in [0.4, 0.5) is 0 Å². The predicted octanol–water partition coefficient (Wildman–Crippen LogP) is 2.06. The molecule has 6 aliphatic heterocycles. The van der Waals surface area contributed by atoms with Gasteiger partial charge in [-0.2, -0.15) is 0 Å². The van der Waals surface area contributed by atoms with Gasteiger partial charge in [-0.3, -0.25) is 43.5 Å². The number of carboxylic acids is 1. The van der Waals surface area contributed by atoms with Crippen molar-refractivity contribution in [2.75, 3.05) is 26.4 Å². The van der Waals surface area contributed by atoms with Crippen molar-refractivity contribution >= 4 is 65.6 Å². The number of aliphatic hydroxyl groups excluding tert-OH is 2. The van der Waals surface area contributed by atoms with E-state index in [1.807, 2.05) is 73.6 Å². The number of nitrogens with two attached hydrogens (primary N) is 5. The largest absolute Gasteiger partial charge is 0.756 e.